The van der Waals surface area contributed by atoms with E-state index in [2.05, 4.69) is 42.7 Å². The molecule has 0 heterocycles. The topological polar surface area (TPSA) is 33.3 Å². The third-order valence-corrected chi connectivity index (χ3v) is 3.48. The largest absolute Gasteiger partial charge is 0.491 e. The standard InChI is InChI=1S/C18H22N2OS/c1-13-9-10-14(2)17(11-13)20-18(22)19-15(3)12-21-16-7-5-4-6-8-16/h4-11,15H,12H2,1-3H3,(H2,19,20,22). The van der Waals surface area contributed by atoms with Gasteiger partial charge < -0.3 is 15.4 Å². The fourth-order valence-corrected chi connectivity index (χ4v) is 2.34. The summed E-state index contributed by atoms with van der Waals surface area (Å²) >= 11 is 5.37. The third-order valence-electron chi connectivity index (χ3n) is 3.26. The SMILES string of the molecule is Cc1ccc(C)c(NC(=S)NC(C)COc2ccccc2)c1. The molecule has 3 nitrogen and oxygen atoms in total. The summed E-state index contributed by atoms with van der Waals surface area (Å²) in [6.45, 7) is 6.72. The lowest BCUT2D eigenvalue weighted by molar-refractivity contribution is 0.287. The number of rotatable bonds is 5. The van der Waals surface area contributed by atoms with E-state index in [0.29, 0.717) is 11.7 Å². The van der Waals surface area contributed by atoms with Gasteiger partial charge in [0.25, 0.3) is 0 Å². The number of hydrogen-bond acceptors (Lipinski definition) is 2. The molecule has 22 heavy (non-hydrogen) atoms. The van der Waals surface area contributed by atoms with Gasteiger partial charge in [-0.2, -0.15) is 0 Å². The van der Waals surface area contributed by atoms with Gasteiger partial charge in [-0.05, 0) is 62.3 Å². The second-order valence-electron chi connectivity index (χ2n) is 5.44. The van der Waals surface area contributed by atoms with E-state index in [1.807, 2.05) is 37.3 Å². The zero-order valence-corrected chi connectivity index (χ0v) is 14.0. The zero-order valence-electron chi connectivity index (χ0n) is 13.2. The molecule has 0 fully saturated rings. The molecular weight excluding hydrogens is 292 g/mol. The van der Waals surface area contributed by atoms with E-state index < -0.39 is 0 Å². The minimum Gasteiger partial charge on any atom is -0.491 e. The second kappa shape index (κ2) is 7.80. The fraction of sp³-hybridized carbons (Fsp3) is 0.278. The summed E-state index contributed by atoms with van der Waals surface area (Å²) in [7, 11) is 0. The molecule has 2 aromatic rings. The predicted molar refractivity (Wildman–Crippen MR) is 96.7 cm³/mol. The number of nitrogens with one attached hydrogen (secondary N) is 2. The Morgan fingerprint density at radius 3 is 2.59 bits per heavy atom. The molecule has 0 saturated heterocycles. The van der Waals surface area contributed by atoms with Crippen molar-refractivity contribution in [3.63, 3.8) is 0 Å². The second-order valence-corrected chi connectivity index (χ2v) is 5.85. The highest BCUT2D eigenvalue weighted by Gasteiger charge is 2.07. The van der Waals surface area contributed by atoms with Crippen molar-refractivity contribution < 1.29 is 4.74 Å². The Morgan fingerprint density at radius 2 is 1.86 bits per heavy atom. The highest BCUT2D eigenvalue weighted by Crippen LogP contribution is 2.16. The zero-order chi connectivity index (χ0) is 15.9. The normalized spacial score (nSPS) is 11.6. The van der Waals surface area contributed by atoms with Gasteiger partial charge in [0.05, 0.1) is 6.04 Å². The number of benzene rings is 2. The van der Waals surface area contributed by atoms with Crippen LogP contribution in [-0.2, 0) is 0 Å². The molecule has 0 aliphatic carbocycles. The summed E-state index contributed by atoms with van der Waals surface area (Å²) in [4.78, 5) is 0. The molecule has 0 aromatic heterocycles. The number of para-hydroxylation sites is 1. The first-order valence-corrected chi connectivity index (χ1v) is 7.78. The Labute approximate surface area is 137 Å². The van der Waals surface area contributed by atoms with Crippen LogP contribution in [0, 0.1) is 13.8 Å². The van der Waals surface area contributed by atoms with Crippen LogP contribution >= 0.6 is 12.2 Å². The van der Waals surface area contributed by atoms with Gasteiger partial charge in [0, 0.05) is 5.69 Å². The molecule has 1 atom stereocenters. The first-order valence-electron chi connectivity index (χ1n) is 7.37. The number of aryl methyl sites for hydroxylation is 2. The Hall–Kier alpha value is -2.07. The Balaban J connectivity index is 1.82. The van der Waals surface area contributed by atoms with Crippen molar-refractivity contribution >= 4 is 23.0 Å². The predicted octanol–water partition coefficient (Wildman–Crippen LogP) is 4.06. The maximum atomic E-state index is 5.71. The maximum Gasteiger partial charge on any atom is 0.171 e. The average molecular weight is 314 g/mol. The van der Waals surface area contributed by atoms with E-state index in [1.54, 1.807) is 0 Å². The van der Waals surface area contributed by atoms with Gasteiger partial charge in [-0.1, -0.05) is 30.3 Å². The van der Waals surface area contributed by atoms with Gasteiger partial charge in [-0.3, -0.25) is 0 Å². The lowest BCUT2D eigenvalue weighted by Crippen LogP contribution is -2.39. The summed E-state index contributed by atoms with van der Waals surface area (Å²) < 4.78 is 5.71. The molecule has 0 saturated carbocycles. The van der Waals surface area contributed by atoms with Gasteiger partial charge in [0.1, 0.15) is 12.4 Å². The van der Waals surface area contributed by atoms with Gasteiger partial charge in [0.15, 0.2) is 5.11 Å². The molecule has 1 unspecified atom stereocenters. The van der Waals surface area contributed by atoms with E-state index >= 15 is 0 Å². The van der Waals surface area contributed by atoms with Crippen LogP contribution in [0.25, 0.3) is 0 Å². The van der Waals surface area contributed by atoms with Crippen LogP contribution in [-0.4, -0.2) is 17.8 Å². The minimum atomic E-state index is 0.116. The van der Waals surface area contributed by atoms with E-state index in [9.17, 15) is 0 Å². The van der Waals surface area contributed by atoms with Crippen LogP contribution in [0.15, 0.2) is 48.5 Å². The Kier molecular flexibility index (Phi) is 5.78. The molecule has 0 bridgehead atoms. The Bertz CT molecular complexity index is 628. The molecular formula is C18H22N2OS. The van der Waals surface area contributed by atoms with Crippen molar-refractivity contribution in [3.05, 3.63) is 59.7 Å². The van der Waals surface area contributed by atoms with Crippen LogP contribution in [0.1, 0.15) is 18.1 Å². The molecule has 2 aromatic carbocycles. The first-order chi connectivity index (χ1) is 10.5. The molecule has 0 spiro atoms. The Morgan fingerprint density at radius 1 is 1.14 bits per heavy atom. The fourth-order valence-electron chi connectivity index (χ4n) is 2.03. The van der Waals surface area contributed by atoms with Gasteiger partial charge >= 0.3 is 0 Å². The van der Waals surface area contributed by atoms with Crippen LogP contribution in [0.2, 0.25) is 0 Å². The lowest BCUT2D eigenvalue weighted by Gasteiger charge is -2.18. The van der Waals surface area contributed by atoms with E-state index in [0.717, 1.165) is 11.4 Å². The number of thiocarbonyl (C=S) groups is 1. The average Bonchev–Trinajstić information content (AvgIpc) is 2.50. The van der Waals surface area contributed by atoms with E-state index in [1.165, 1.54) is 11.1 Å². The van der Waals surface area contributed by atoms with Gasteiger partial charge in [-0.25, -0.2) is 0 Å². The quantitative estimate of drug-likeness (QED) is 0.816. The molecule has 2 N–H and O–H groups in total. The first kappa shape index (κ1) is 16.3. The molecule has 0 amide bonds. The van der Waals surface area contributed by atoms with Crippen molar-refractivity contribution in [1.29, 1.82) is 0 Å². The number of hydrogen-bond donors (Lipinski definition) is 2. The summed E-state index contributed by atoms with van der Waals surface area (Å²) in [6, 6.07) is 16.2. The minimum absolute atomic E-state index is 0.116. The molecule has 0 aliphatic rings. The molecule has 2 rings (SSSR count). The molecule has 0 radical (unpaired) electrons. The number of anilines is 1. The summed E-state index contributed by atoms with van der Waals surface area (Å²) in [5, 5.41) is 7.09. The highest BCUT2D eigenvalue weighted by molar-refractivity contribution is 7.80. The molecule has 4 heteroatoms. The van der Waals surface area contributed by atoms with Crippen molar-refractivity contribution in [2.45, 2.75) is 26.8 Å². The molecule has 116 valence electrons. The van der Waals surface area contributed by atoms with Crippen LogP contribution in [0.3, 0.4) is 0 Å². The molecule has 0 aliphatic heterocycles. The maximum absolute atomic E-state index is 5.71. The van der Waals surface area contributed by atoms with Gasteiger partial charge in [0.2, 0.25) is 0 Å². The third kappa shape index (κ3) is 5.04. The summed E-state index contributed by atoms with van der Waals surface area (Å²) in [6.07, 6.45) is 0. The van der Waals surface area contributed by atoms with Gasteiger partial charge in [-0.15, -0.1) is 0 Å². The lowest BCUT2D eigenvalue weighted by atomic mass is 10.1. The van der Waals surface area contributed by atoms with Crippen molar-refractivity contribution in [2.24, 2.45) is 0 Å². The number of ether oxygens (including phenoxy) is 1. The van der Waals surface area contributed by atoms with E-state index in [-0.39, 0.29) is 6.04 Å². The highest BCUT2D eigenvalue weighted by atomic mass is 32.1. The van der Waals surface area contributed by atoms with Crippen LogP contribution < -0.4 is 15.4 Å². The van der Waals surface area contributed by atoms with Crippen molar-refractivity contribution in [1.82, 2.24) is 5.32 Å². The monoisotopic (exact) mass is 314 g/mol. The van der Waals surface area contributed by atoms with Crippen molar-refractivity contribution in [3.8, 4) is 5.75 Å². The van der Waals surface area contributed by atoms with Crippen LogP contribution in [0.4, 0.5) is 5.69 Å². The summed E-state index contributed by atoms with van der Waals surface area (Å²) in [5.74, 6) is 0.865. The van der Waals surface area contributed by atoms with Crippen LogP contribution in [0.5, 0.6) is 5.75 Å². The van der Waals surface area contributed by atoms with E-state index in [4.69, 9.17) is 17.0 Å². The summed E-state index contributed by atoms with van der Waals surface area (Å²) in [5.41, 5.74) is 3.41. The van der Waals surface area contributed by atoms with Crippen molar-refractivity contribution in [2.75, 3.05) is 11.9 Å². The smallest absolute Gasteiger partial charge is 0.171 e.